The minimum atomic E-state index is -3.46. The molecule has 1 aromatic carbocycles. The number of carbonyl (C=O) groups is 2. The number of benzene rings is 1. The summed E-state index contributed by atoms with van der Waals surface area (Å²) in [7, 11) is -3.46. The van der Waals surface area contributed by atoms with Gasteiger partial charge in [0.2, 0.25) is 15.9 Å². The maximum absolute atomic E-state index is 12.7. The Morgan fingerprint density at radius 1 is 1.00 bits per heavy atom. The maximum Gasteiger partial charge on any atom is 0.243 e. The Labute approximate surface area is 154 Å². The normalized spacial score (nSPS) is 16.0. The minimum Gasteiger partial charge on any atom is -0.550 e. The number of aliphatic carboxylic acids is 1. The zero-order chi connectivity index (χ0) is 19.0. The van der Waals surface area contributed by atoms with Gasteiger partial charge in [-0.25, -0.2) is 8.42 Å². The Morgan fingerprint density at radius 2 is 1.62 bits per heavy atom. The lowest BCUT2D eigenvalue weighted by Crippen LogP contribution is -2.32. The van der Waals surface area contributed by atoms with Crippen molar-refractivity contribution in [2.24, 2.45) is 0 Å². The van der Waals surface area contributed by atoms with Gasteiger partial charge >= 0.3 is 0 Å². The fourth-order valence-electron chi connectivity index (χ4n) is 2.91. The molecular formula is C18H25N2O5S-. The summed E-state index contributed by atoms with van der Waals surface area (Å²) in [5.41, 5.74) is 0.856. The molecule has 0 aliphatic carbocycles. The molecule has 1 N–H and O–H groups in total. The van der Waals surface area contributed by atoms with Crippen LogP contribution in [0.25, 0.3) is 0 Å². The molecule has 1 aliphatic heterocycles. The molecular weight excluding hydrogens is 356 g/mol. The molecule has 0 aromatic heterocycles. The highest BCUT2D eigenvalue weighted by atomic mass is 32.2. The summed E-state index contributed by atoms with van der Waals surface area (Å²) in [4.78, 5) is 22.2. The predicted molar refractivity (Wildman–Crippen MR) is 94.6 cm³/mol. The van der Waals surface area contributed by atoms with Gasteiger partial charge in [0.1, 0.15) is 0 Å². The summed E-state index contributed by atoms with van der Waals surface area (Å²) in [6.07, 6.45) is 4.38. The van der Waals surface area contributed by atoms with Crippen molar-refractivity contribution in [1.29, 1.82) is 0 Å². The van der Waals surface area contributed by atoms with Gasteiger partial charge in [0, 0.05) is 38.4 Å². The number of rotatable bonds is 8. The van der Waals surface area contributed by atoms with Crippen LogP contribution in [0.5, 0.6) is 0 Å². The van der Waals surface area contributed by atoms with Crippen molar-refractivity contribution >= 4 is 21.9 Å². The van der Waals surface area contributed by atoms with E-state index in [-0.39, 0.29) is 30.2 Å². The lowest BCUT2D eigenvalue weighted by atomic mass is 10.1. The van der Waals surface area contributed by atoms with Crippen LogP contribution in [0.1, 0.15) is 44.1 Å². The van der Waals surface area contributed by atoms with E-state index < -0.39 is 16.0 Å². The molecule has 0 unspecified atom stereocenters. The number of hydrogen-bond donors (Lipinski definition) is 1. The van der Waals surface area contributed by atoms with Crippen LogP contribution in [0.15, 0.2) is 29.2 Å². The Morgan fingerprint density at radius 3 is 2.19 bits per heavy atom. The summed E-state index contributed by atoms with van der Waals surface area (Å²) >= 11 is 0. The van der Waals surface area contributed by atoms with Crippen LogP contribution in [0.2, 0.25) is 0 Å². The number of nitrogens with one attached hydrogen (secondary N) is 1. The zero-order valence-corrected chi connectivity index (χ0v) is 15.6. The molecule has 144 valence electrons. The van der Waals surface area contributed by atoms with E-state index in [1.165, 1.54) is 0 Å². The van der Waals surface area contributed by atoms with Gasteiger partial charge in [-0.2, -0.15) is 4.31 Å². The van der Waals surface area contributed by atoms with Crippen LogP contribution in [-0.2, 0) is 26.0 Å². The van der Waals surface area contributed by atoms with Gasteiger partial charge in [0.05, 0.1) is 4.90 Å². The Hall–Kier alpha value is -1.93. The van der Waals surface area contributed by atoms with Gasteiger partial charge in [0.15, 0.2) is 0 Å². The lowest BCUT2D eigenvalue weighted by molar-refractivity contribution is -0.305. The lowest BCUT2D eigenvalue weighted by Gasteiger charge is -2.20. The van der Waals surface area contributed by atoms with Crippen molar-refractivity contribution in [2.45, 2.75) is 49.8 Å². The molecule has 7 nitrogen and oxygen atoms in total. The highest BCUT2D eigenvalue weighted by Crippen LogP contribution is 2.21. The molecule has 0 atom stereocenters. The molecule has 1 aromatic rings. The van der Waals surface area contributed by atoms with E-state index in [1.807, 2.05) is 0 Å². The molecule has 0 spiro atoms. The van der Waals surface area contributed by atoms with E-state index in [9.17, 15) is 23.1 Å². The van der Waals surface area contributed by atoms with Gasteiger partial charge in [-0.15, -0.1) is 0 Å². The zero-order valence-electron chi connectivity index (χ0n) is 14.8. The number of carboxylic acid groups (broad SMARTS) is 1. The maximum atomic E-state index is 12.7. The van der Waals surface area contributed by atoms with Crippen molar-refractivity contribution in [3.8, 4) is 0 Å². The third kappa shape index (κ3) is 6.10. The second kappa shape index (κ2) is 9.68. The molecule has 1 amide bonds. The summed E-state index contributed by atoms with van der Waals surface area (Å²) in [6, 6.07) is 6.62. The summed E-state index contributed by atoms with van der Waals surface area (Å²) in [5.74, 6) is -1.45. The molecule has 0 radical (unpaired) electrons. The van der Waals surface area contributed by atoms with Gasteiger partial charge < -0.3 is 15.2 Å². The molecule has 1 aliphatic rings. The number of amides is 1. The molecule has 8 heteroatoms. The standard InChI is InChI=1S/C18H26N2O5S/c21-17(19-12-11-18(22)23)10-7-15-5-8-16(9-6-15)26(24,25)20-13-3-1-2-4-14-20/h5-6,8-9H,1-4,7,10-14H2,(H,19,21)(H,22,23)/p-1. The topological polar surface area (TPSA) is 107 Å². The van der Waals surface area contributed by atoms with Crippen molar-refractivity contribution < 1.29 is 23.1 Å². The smallest absolute Gasteiger partial charge is 0.243 e. The van der Waals surface area contributed by atoms with E-state index in [4.69, 9.17) is 0 Å². The molecule has 1 saturated heterocycles. The first kappa shape index (κ1) is 20.4. The number of nitrogens with zero attached hydrogens (tertiary/aromatic N) is 1. The first-order valence-electron chi connectivity index (χ1n) is 8.95. The molecule has 2 rings (SSSR count). The Bertz CT molecular complexity index is 708. The Kier molecular flexibility index (Phi) is 7.59. The van der Waals surface area contributed by atoms with Gasteiger partial charge in [-0.1, -0.05) is 25.0 Å². The largest absolute Gasteiger partial charge is 0.550 e. The number of carbonyl (C=O) groups excluding carboxylic acids is 2. The highest BCUT2D eigenvalue weighted by Gasteiger charge is 2.24. The summed E-state index contributed by atoms with van der Waals surface area (Å²) in [5, 5.41) is 12.8. The second-order valence-corrected chi connectivity index (χ2v) is 8.37. The van der Waals surface area contributed by atoms with Crippen molar-refractivity contribution in [2.75, 3.05) is 19.6 Å². The highest BCUT2D eigenvalue weighted by molar-refractivity contribution is 7.89. The Balaban J connectivity index is 1.89. The summed E-state index contributed by atoms with van der Waals surface area (Å²) < 4.78 is 27.0. The first-order chi connectivity index (χ1) is 12.4. The molecule has 0 saturated carbocycles. The monoisotopic (exact) mass is 381 g/mol. The number of carboxylic acids is 1. The van der Waals surface area contributed by atoms with E-state index in [0.717, 1.165) is 31.2 Å². The van der Waals surface area contributed by atoms with E-state index in [0.29, 0.717) is 19.5 Å². The van der Waals surface area contributed by atoms with Crippen LogP contribution < -0.4 is 10.4 Å². The van der Waals surface area contributed by atoms with Crippen LogP contribution in [0.4, 0.5) is 0 Å². The SMILES string of the molecule is O=C([O-])CCNC(=O)CCc1ccc(S(=O)(=O)N2CCCCCC2)cc1. The van der Waals surface area contributed by atoms with E-state index in [1.54, 1.807) is 28.6 Å². The fourth-order valence-corrected chi connectivity index (χ4v) is 4.43. The third-order valence-electron chi connectivity index (χ3n) is 4.42. The average Bonchev–Trinajstić information content (AvgIpc) is 2.90. The minimum absolute atomic E-state index is 0.0498. The molecule has 1 heterocycles. The van der Waals surface area contributed by atoms with Crippen LogP contribution in [0.3, 0.4) is 0 Å². The quantitative estimate of drug-likeness (QED) is 0.703. The molecule has 1 fully saturated rings. The average molecular weight is 381 g/mol. The number of aryl methyl sites for hydroxylation is 1. The van der Waals surface area contributed by atoms with Crippen LogP contribution in [-0.4, -0.2) is 44.2 Å². The van der Waals surface area contributed by atoms with Crippen LogP contribution >= 0.6 is 0 Å². The predicted octanol–water partition coefficient (Wildman–Crippen LogP) is 0.440. The van der Waals surface area contributed by atoms with Crippen molar-refractivity contribution in [3.05, 3.63) is 29.8 Å². The van der Waals surface area contributed by atoms with E-state index >= 15 is 0 Å². The van der Waals surface area contributed by atoms with Gasteiger partial charge in [-0.05, 0) is 37.0 Å². The summed E-state index contributed by atoms with van der Waals surface area (Å²) in [6.45, 7) is 1.18. The van der Waals surface area contributed by atoms with Crippen molar-refractivity contribution in [3.63, 3.8) is 0 Å². The second-order valence-electron chi connectivity index (χ2n) is 6.43. The molecule has 26 heavy (non-hydrogen) atoms. The fraction of sp³-hybridized carbons (Fsp3) is 0.556. The van der Waals surface area contributed by atoms with Gasteiger partial charge in [0.25, 0.3) is 0 Å². The number of sulfonamides is 1. The first-order valence-corrected chi connectivity index (χ1v) is 10.4. The molecule has 0 bridgehead atoms. The van der Waals surface area contributed by atoms with E-state index in [2.05, 4.69) is 5.32 Å². The van der Waals surface area contributed by atoms with Gasteiger partial charge in [-0.3, -0.25) is 4.79 Å². The number of hydrogen-bond acceptors (Lipinski definition) is 5. The van der Waals surface area contributed by atoms with Crippen LogP contribution in [0, 0.1) is 0 Å². The third-order valence-corrected chi connectivity index (χ3v) is 6.33. The van der Waals surface area contributed by atoms with Crippen molar-refractivity contribution in [1.82, 2.24) is 9.62 Å².